The molecular weight excluding hydrogens is 514 g/mol. The number of methoxy groups -OCH3 is 1. The minimum atomic E-state index is -2.23. The lowest BCUT2D eigenvalue weighted by Crippen LogP contribution is -2.47. The molecule has 2 aromatic carbocycles. The van der Waals surface area contributed by atoms with Gasteiger partial charge in [0.2, 0.25) is 5.78 Å². The molecule has 0 saturated heterocycles. The van der Waals surface area contributed by atoms with Gasteiger partial charge in [-0.3, -0.25) is 14.4 Å². The number of aromatic hydroxyl groups is 2. The summed E-state index contributed by atoms with van der Waals surface area (Å²) in [7, 11) is 1.31. The molecule has 39 heavy (non-hydrogen) atoms. The first-order valence-corrected chi connectivity index (χ1v) is 12.3. The fourth-order valence-electron chi connectivity index (χ4n) is 5.30. The van der Waals surface area contributed by atoms with E-state index in [0.29, 0.717) is 0 Å². The number of nitrogens with two attached hydrogens (primary N) is 1. The molecule has 0 spiro atoms. The van der Waals surface area contributed by atoms with Gasteiger partial charge in [0, 0.05) is 42.2 Å². The number of benzene rings is 2. The second-order valence-electron chi connectivity index (χ2n) is 9.92. The highest BCUT2D eigenvalue weighted by molar-refractivity contribution is 6.31. The Labute approximate surface area is 223 Å². The van der Waals surface area contributed by atoms with Crippen LogP contribution in [-0.4, -0.2) is 92.2 Å². The number of aliphatic hydroxyl groups is 4. The summed E-state index contributed by atoms with van der Waals surface area (Å²) in [5, 5.41) is 62.8. The van der Waals surface area contributed by atoms with E-state index in [2.05, 4.69) is 0 Å². The van der Waals surface area contributed by atoms with E-state index in [9.17, 15) is 45.0 Å². The smallest absolute Gasteiger partial charge is 0.202 e. The van der Waals surface area contributed by atoms with Gasteiger partial charge in [0.05, 0.1) is 42.1 Å². The van der Waals surface area contributed by atoms with Gasteiger partial charge in [-0.2, -0.15) is 0 Å². The molecule has 0 radical (unpaired) electrons. The first-order chi connectivity index (χ1) is 18.4. The third-order valence-corrected chi connectivity index (χ3v) is 7.44. The Kier molecular flexibility index (Phi) is 7.81. The molecule has 0 aliphatic heterocycles. The van der Waals surface area contributed by atoms with Crippen molar-refractivity contribution in [3.05, 3.63) is 51.6 Å². The summed E-state index contributed by atoms with van der Waals surface area (Å²) >= 11 is 0. The first-order valence-electron chi connectivity index (χ1n) is 12.3. The van der Waals surface area contributed by atoms with Crippen LogP contribution in [0.3, 0.4) is 0 Å². The number of rotatable bonds is 9. The fourth-order valence-corrected chi connectivity index (χ4v) is 5.30. The predicted octanol–water partition coefficient (Wildman–Crippen LogP) is -0.363. The number of hydrogen-bond acceptors (Lipinski definition) is 12. The van der Waals surface area contributed by atoms with Crippen molar-refractivity contribution in [3.8, 4) is 17.2 Å². The zero-order chi connectivity index (χ0) is 28.8. The van der Waals surface area contributed by atoms with Crippen molar-refractivity contribution in [3.63, 3.8) is 0 Å². The molecular formula is C27H31NO11. The highest BCUT2D eigenvalue weighted by atomic mass is 16.5. The van der Waals surface area contributed by atoms with Gasteiger partial charge in [-0.25, -0.2) is 0 Å². The topological polar surface area (TPSA) is 217 Å². The minimum absolute atomic E-state index is 0.0178. The number of phenolic OH excluding ortho intramolecular Hbond substituents is 2. The number of aliphatic hydroxyl groups excluding tert-OH is 3. The normalized spacial score (nSPS) is 22.4. The van der Waals surface area contributed by atoms with Gasteiger partial charge in [-0.05, 0) is 19.4 Å². The van der Waals surface area contributed by atoms with Crippen LogP contribution in [0.15, 0.2) is 18.2 Å². The quantitative estimate of drug-likeness (QED) is 0.172. The van der Waals surface area contributed by atoms with Crippen LogP contribution in [0.4, 0.5) is 0 Å². The van der Waals surface area contributed by atoms with Crippen LogP contribution < -0.4 is 10.5 Å². The monoisotopic (exact) mass is 545 g/mol. The summed E-state index contributed by atoms with van der Waals surface area (Å²) < 4.78 is 11.1. The third kappa shape index (κ3) is 4.69. The van der Waals surface area contributed by atoms with E-state index in [4.69, 9.17) is 15.2 Å². The standard InChI is InChI=1S/C27H31NO11/c1-11(30)22(32)14(28)6-7-39-16-9-27(37,17(31)10-29)8-13-19(16)26(36)21-20(24(13)34)23(33)12-4-3-5-15(38-2)18(12)25(21)35/h3-5,11,14,16,22,29-30,32,34,36-37H,6-10,28H2,1-2H3. The molecule has 0 fully saturated rings. The van der Waals surface area contributed by atoms with Crippen molar-refractivity contribution >= 4 is 17.3 Å². The van der Waals surface area contributed by atoms with E-state index in [1.807, 2.05) is 0 Å². The molecule has 210 valence electrons. The number of ketones is 3. The molecule has 2 aliphatic rings. The predicted molar refractivity (Wildman–Crippen MR) is 134 cm³/mol. The average Bonchev–Trinajstić information content (AvgIpc) is 2.91. The van der Waals surface area contributed by atoms with Crippen LogP contribution in [0, 0.1) is 0 Å². The highest BCUT2D eigenvalue weighted by Crippen LogP contribution is 2.52. The van der Waals surface area contributed by atoms with Crippen molar-refractivity contribution in [2.24, 2.45) is 5.73 Å². The molecule has 2 aliphatic carbocycles. The van der Waals surface area contributed by atoms with Gasteiger partial charge >= 0.3 is 0 Å². The zero-order valence-corrected chi connectivity index (χ0v) is 21.4. The molecule has 0 bridgehead atoms. The number of Topliss-reactive ketones (excluding diaryl/α,β-unsaturated/α-hetero) is 1. The largest absolute Gasteiger partial charge is 0.507 e. The number of ether oxygens (including phenoxy) is 2. The first kappa shape index (κ1) is 28.6. The van der Waals surface area contributed by atoms with Crippen molar-refractivity contribution in [2.75, 3.05) is 20.3 Å². The van der Waals surface area contributed by atoms with E-state index in [0.717, 1.165) is 0 Å². The summed E-state index contributed by atoms with van der Waals surface area (Å²) in [6.07, 6.45) is -4.67. The van der Waals surface area contributed by atoms with Gasteiger partial charge in [-0.15, -0.1) is 0 Å². The lowest BCUT2D eigenvalue weighted by molar-refractivity contribution is -0.146. The van der Waals surface area contributed by atoms with E-state index in [-0.39, 0.29) is 41.0 Å². The number of phenols is 2. The summed E-state index contributed by atoms with van der Waals surface area (Å²) in [5.41, 5.74) is 2.26. The maximum Gasteiger partial charge on any atom is 0.202 e. The summed E-state index contributed by atoms with van der Waals surface area (Å²) in [5.74, 6) is -3.80. The van der Waals surface area contributed by atoms with Gasteiger partial charge in [0.25, 0.3) is 0 Å². The number of fused-ring (bicyclic) bond motifs is 3. The van der Waals surface area contributed by atoms with Crippen molar-refractivity contribution in [1.29, 1.82) is 0 Å². The molecule has 5 atom stereocenters. The fraction of sp³-hybridized carbons (Fsp3) is 0.444. The molecule has 0 amide bonds. The summed E-state index contributed by atoms with van der Waals surface area (Å²) in [6.45, 7) is 0.157. The lowest BCUT2D eigenvalue weighted by Gasteiger charge is -2.38. The highest BCUT2D eigenvalue weighted by Gasteiger charge is 2.49. The van der Waals surface area contributed by atoms with Crippen LogP contribution in [0.5, 0.6) is 17.2 Å². The van der Waals surface area contributed by atoms with Gasteiger partial charge in [0.15, 0.2) is 11.6 Å². The number of carbonyl (C=O) groups is 3. The molecule has 0 saturated carbocycles. The van der Waals surface area contributed by atoms with Gasteiger partial charge in [0.1, 0.15) is 29.5 Å². The number of carbonyl (C=O) groups excluding carboxylic acids is 3. The van der Waals surface area contributed by atoms with Crippen LogP contribution in [-0.2, 0) is 16.0 Å². The van der Waals surface area contributed by atoms with Crippen molar-refractivity contribution in [2.45, 2.75) is 56.1 Å². The molecule has 12 heteroatoms. The summed E-state index contributed by atoms with van der Waals surface area (Å²) in [4.78, 5) is 39.5. The van der Waals surface area contributed by atoms with Crippen molar-refractivity contribution in [1.82, 2.24) is 0 Å². The maximum absolute atomic E-state index is 13.6. The molecule has 0 aromatic heterocycles. The van der Waals surface area contributed by atoms with Crippen LogP contribution in [0.2, 0.25) is 0 Å². The Bertz CT molecular complexity index is 1340. The number of hydrogen-bond donors (Lipinski definition) is 7. The lowest BCUT2D eigenvalue weighted by atomic mass is 9.72. The SMILES string of the molecule is COc1cccc2c1C(=O)c1c(O)c3c(c(O)c1C2=O)CC(O)(C(=O)CO)CC3OCCC(N)C(O)C(C)O. The van der Waals surface area contributed by atoms with E-state index in [1.54, 1.807) is 0 Å². The van der Waals surface area contributed by atoms with Crippen molar-refractivity contribution < 1.29 is 54.5 Å². The zero-order valence-electron chi connectivity index (χ0n) is 21.4. The summed E-state index contributed by atoms with van der Waals surface area (Å²) in [6, 6.07) is 3.44. The van der Waals surface area contributed by atoms with Crippen LogP contribution >= 0.6 is 0 Å². The van der Waals surface area contributed by atoms with E-state index in [1.165, 1.54) is 32.2 Å². The maximum atomic E-state index is 13.6. The van der Waals surface area contributed by atoms with Gasteiger partial charge < -0.3 is 45.8 Å². The Hall–Kier alpha value is -3.39. The Morgan fingerprint density at radius 2 is 1.79 bits per heavy atom. The molecule has 4 rings (SSSR count). The average molecular weight is 546 g/mol. The molecule has 0 heterocycles. The molecule has 2 aromatic rings. The van der Waals surface area contributed by atoms with Crippen LogP contribution in [0.1, 0.15) is 68.8 Å². The van der Waals surface area contributed by atoms with E-state index >= 15 is 0 Å². The Morgan fingerprint density at radius 3 is 2.41 bits per heavy atom. The third-order valence-electron chi connectivity index (χ3n) is 7.44. The minimum Gasteiger partial charge on any atom is -0.507 e. The van der Waals surface area contributed by atoms with Crippen LogP contribution in [0.25, 0.3) is 0 Å². The second kappa shape index (κ2) is 10.6. The van der Waals surface area contributed by atoms with Gasteiger partial charge in [-0.1, -0.05) is 12.1 Å². The Balaban J connectivity index is 1.84. The second-order valence-corrected chi connectivity index (χ2v) is 9.92. The molecule has 5 unspecified atom stereocenters. The Morgan fingerprint density at radius 1 is 1.13 bits per heavy atom. The molecule has 12 nitrogen and oxygen atoms in total. The van der Waals surface area contributed by atoms with E-state index < -0.39 is 89.4 Å². The molecule has 8 N–H and O–H groups in total.